The van der Waals surface area contributed by atoms with E-state index in [1.165, 1.54) is 32.2 Å². The van der Waals surface area contributed by atoms with E-state index in [0.717, 1.165) is 152 Å². The highest BCUT2D eigenvalue weighted by Crippen LogP contribution is 2.64. The third-order valence-electron chi connectivity index (χ3n) is 17.0. The normalized spacial score (nSPS) is 17.4. The summed E-state index contributed by atoms with van der Waals surface area (Å²) < 4.78 is 74.7. The number of nitrogens with zero attached hydrogens (tertiary/aromatic N) is 4. The Bertz CT molecular complexity index is 3750. The van der Waals surface area contributed by atoms with Crippen molar-refractivity contribution in [2.24, 2.45) is 17.8 Å². The van der Waals surface area contributed by atoms with Crippen LogP contribution in [-0.4, -0.2) is 26.9 Å². The lowest BCUT2D eigenvalue weighted by atomic mass is 9.65. The minimum absolute atomic E-state index is 0.00793. The summed E-state index contributed by atoms with van der Waals surface area (Å²) in [7, 11) is 0. The van der Waals surface area contributed by atoms with Gasteiger partial charge in [-0.2, -0.15) is 19.3 Å². The van der Waals surface area contributed by atoms with E-state index in [-0.39, 0.29) is 51.0 Å². The molecule has 0 saturated carbocycles. The van der Waals surface area contributed by atoms with Gasteiger partial charge in [0, 0.05) is 75.2 Å². The van der Waals surface area contributed by atoms with Gasteiger partial charge in [-0.15, -0.1) is 34.0 Å². The van der Waals surface area contributed by atoms with Crippen LogP contribution in [0.1, 0.15) is 185 Å². The quantitative estimate of drug-likeness (QED) is 0.0356. The molecular formula is C66H64F4N4O3S4. The zero-order chi connectivity index (χ0) is 57.3. The Morgan fingerprint density at radius 3 is 1.83 bits per heavy atom. The molecule has 3 aromatic carbocycles. The van der Waals surface area contributed by atoms with Gasteiger partial charge in [-0.3, -0.25) is 9.59 Å². The van der Waals surface area contributed by atoms with Crippen LogP contribution in [0.5, 0.6) is 5.75 Å². The molecular weight excluding hydrogens is 1100 g/mol. The average molecular weight is 1170 g/mol. The predicted molar refractivity (Wildman–Crippen MR) is 322 cm³/mol. The van der Waals surface area contributed by atoms with Crippen LogP contribution in [0.25, 0.3) is 58.7 Å². The number of Topliss-reactive ketones (excluding diaryl/α,β-unsaturated/α-hetero) is 2. The molecule has 4 heterocycles. The first-order valence-corrected chi connectivity index (χ1v) is 31.8. The van der Waals surface area contributed by atoms with Crippen LogP contribution in [-0.2, 0) is 11.8 Å². The van der Waals surface area contributed by atoms with E-state index in [1.54, 1.807) is 34.8 Å². The standard InChI is InChI=1S/C66H64F4N4O3S4/c1-7-13-16-36(10-4)31-66(32-37(11-5)17-14-8-2)49-29-56(44-20-19-39(59-60(44)74-81-73-59)21-41-22-40-23-51(67)52(68)26-45(40)61(41)75)79-63(49)64-50(66)30-57(80-64)65-55(77-35-38(12-6)18-15-9-3)25-43(78-65)24-48-58(42(33-71)34-72)46-27-53(69)54(70)28-47(46)62(48)76/h19-21,23-30,36-38H,7-18,22,31-32,35H2,1-6H3/b41-21-,48-24-. The van der Waals surface area contributed by atoms with Gasteiger partial charge in [0.15, 0.2) is 34.8 Å². The van der Waals surface area contributed by atoms with Crippen molar-refractivity contribution in [3.05, 3.63) is 138 Å². The van der Waals surface area contributed by atoms with Crippen LogP contribution in [0.3, 0.4) is 0 Å². The van der Waals surface area contributed by atoms with Crippen LogP contribution in [0.4, 0.5) is 17.6 Å². The number of carbonyl (C=O) groups excluding carboxylic acids is 2. The summed E-state index contributed by atoms with van der Waals surface area (Å²) in [6.07, 6.45) is 18.4. The molecule has 0 bridgehead atoms. The number of nitriles is 2. The third-order valence-corrected chi connectivity index (χ3v) is 21.2. The molecule has 7 nitrogen and oxygen atoms in total. The van der Waals surface area contributed by atoms with Gasteiger partial charge in [0.05, 0.1) is 23.2 Å². The lowest BCUT2D eigenvalue weighted by Crippen LogP contribution is -2.31. The monoisotopic (exact) mass is 1160 g/mol. The highest BCUT2D eigenvalue weighted by atomic mass is 32.1. The minimum atomic E-state index is -1.19. The Hall–Kier alpha value is -6.36. The molecule has 3 atom stereocenters. The van der Waals surface area contributed by atoms with Gasteiger partial charge in [0.2, 0.25) is 0 Å². The van der Waals surface area contributed by atoms with Gasteiger partial charge in [-0.05, 0) is 114 Å². The molecule has 0 amide bonds. The number of carbonyl (C=O) groups is 2. The van der Waals surface area contributed by atoms with Crippen molar-refractivity contribution in [3.8, 4) is 47.8 Å². The number of thiophene rings is 3. The van der Waals surface area contributed by atoms with E-state index in [9.17, 15) is 37.7 Å². The number of fused-ring (bicyclic) bond motifs is 6. The molecule has 0 aliphatic heterocycles. The fourth-order valence-corrected chi connectivity index (χ4v) is 16.8. The summed E-state index contributed by atoms with van der Waals surface area (Å²) in [6, 6.07) is 18.4. The Labute approximate surface area is 488 Å². The van der Waals surface area contributed by atoms with E-state index in [0.29, 0.717) is 57.2 Å². The molecule has 418 valence electrons. The number of hydrogen-bond donors (Lipinski definition) is 0. The number of unbranched alkanes of at least 4 members (excludes halogenated alkanes) is 3. The van der Waals surface area contributed by atoms with Crippen molar-refractivity contribution in [2.45, 2.75) is 143 Å². The predicted octanol–water partition coefficient (Wildman–Crippen LogP) is 19.7. The molecule has 0 fully saturated rings. The van der Waals surface area contributed by atoms with E-state index in [4.69, 9.17) is 13.5 Å². The number of rotatable bonds is 23. The number of benzene rings is 3. The van der Waals surface area contributed by atoms with E-state index in [2.05, 4.69) is 59.7 Å². The van der Waals surface area contributed by atoms with Crippen molar-refractivity contribution in [3.63, 3.8) is 0 Å². The first kappa shape index (κ1) is 57.9. The number of ether oxygens (including phenoxy) is 1. The van der Waals surface area contributed by atoms with Crippen LogP contribution in [0, 0.1) is 63.7 Å². The molecule has 3 aliphatic carbocycles. The molecule has 3 aliphatic rings. The van der Waals surface area contributed by atoms with E-state index >= 15 is 0 Å². The summed E-state index contributed by atoms with van der Waals surface area (Å²) in [4.78, 5) is 33.8. The van der Waals surface area contributed by atoms with Crippen molar-refractivity contribution in [1.82, 2.24) is 8.75 Å². The number of hydrogen-bond acceptors (Lipinski definition) is 11. The summed E-state index contributed by atoms with van der Waals surface area (Å²) >= 11 is 6.08. The van der Waals surface area contributed by atoms with E-state index < -0.39 is 29.1 Å². The highest BCUT2D eigenvalue weighted by Gasteiger charge is 2.48. The minimum Gasteiger partial charge on any atom is -0.492 e. The summed E-state index contributed by atoms with van der Waals surface area (Å²) in [6.45, 7) is 14.0. The molecule has 0 radical (unpaired) electrons. The zero-order valence-corrected chi connectivity index (χ0v) is 49.8. The SMILES string of the molecule is CCCCC(CC)COc1cc(/C=C2\C(=O)c3cc(F)c(F)cc3C2=C(C#N)C#N)sc1-c1cc2c(s1)-c1sc(-c3ccc(/C=C4/Cc5cc(F)c(F)cc5C4=O)c4nsnc34)cc1C2(CC(CC)CCCC)CC(CC)CCCC. The molecule has 0 saturated heterocycles. The van der Waals surface area contributed by atoms with Gasteiger partial charge < -0.3 is 4.74 Å². The van der Waals surface area contributed by atoms with Gasteiger partial charge in [-0.1, -0.05) is 124 Å². The highest BCUT2D eigenvalue weighted by molar-refractivity contribution is 7.28. The largest absolute Gasteiger partial charge is 0.492 e. The molecule has 4 aromatic heterocycles. The zero-order valence-electron chi connectivity index (χ0n) is 46.6. The van der Waals surface area contributed by atoms with Gasteiger partial charge in [0.1, 0.15) is 34.5 Å². The van der Waals surface area contributed by atoms with Crippen LogP contribution in [0.2, 0.25) is 0 Å². The second-order valence-electron chi connectivity index (χ2n) is 22.0. The van der Waals surface area contributed by atoms with Gasteiger partial charge >= 0.3 is 0 Å². The maximum atomic E-state index is 14.8. The first-order valence-electron chi connectivity index (χ1n) is 28.6. The molecule has 3 unspecified atom stereocenters. The van der Waals surface area contributed by atoms with Crippen molar-refractivity contribution < 1.29 is 31.9 Å². The maximum Gasteiger partial charge on any atom is 0.194 e. The lowest BCUT2D eigenvalue weighted by molar-refractivity contribution is 0.103. The molecule has 81 heavy (non-hydrogen) atoms. The fourth-order valence-electron chi connectivity index (χ4n) is 12.4. The molecule has 15 heteroatoms. The molecule has 10 rings (SSSR count). The Morgan fingerprint density at radius 2 is 1.21 bits per heavy atom. The van der Waals surface area contributed by atoms with Gasteiger partial charge in [0.25, 0.3) is 0 Å². The second-order valence-corrected chi connectivity index (χ2v) is 25.8. The summed E-state index contributed by atoms with van der Waals surface area (Å²) in [5.41, 5.74) is 5.92. The van der Waals surface area contributed by atoms with Crippen molar-refractivity contribution in [2.75, 3.05) is 6.61 Å². The Morgan fingerprint density at radius 1 is 0.642 bits per heavy atom. The topological polar surface area (TPSA) is 117 Å². The number of halogens is 4. The lowest BCUT2D eigenvalue weighted by Gasteiger charge is -2.37. The molecule has 0 spiro atoms. The van der Waals surface area contributed by atoms with Crippen LogP contribution >= 0.6 is 45.7 Å². The summed E-state index contributed by atoms with van der Waals surface area (Å²) in [5.74, 6) is -3.47. The fraction of sp³-hybridized carbons (Fsp3) is 0.394. The van der Waals surface area contributed by atoms with Crippen molar-refractivity contribution >= 4 is 86.1 Å². The third kappa shape index (κ3) is 11.0. The van der Waals surface area contributed by atoms with Crippen LogP contribution in [0.15, 0.2) is 71.3 Å². The summed E-state index contributed by atoms with van der Waals surface area (Å²) in [5, 5.41) is 20.3. The Balaban J connectivity index is 1.14. The first-order chi connectivity index (χ1) is 39.2. The number of allylic oxidation sites excluding steroid dienone is 4. The van der Waals surface area contributed by atoms with Gasteiger partial charge in [-0.25, -0.2) is 17.6 Å². The van der Waals surface area contributed by atoms with E-state index in [1.807, 2.05) is 24.3 Å². The smallest absolute Gasteiger partial charge is 0.194 e. The second kappa shape index (κ2) is 24.6. The maximum absolute atomic E-state index is 14.8. The van der Waals surface area contributed by atoms with Crippen molar-refractivity contribution in [1.29, 1.82) is 10.5 Å². The molecule has 0 N–H and O–H groups in total. The number of aromatic nitrogens is 2. The van der Waals surface area contributed by atoms with Crippen LogP contribution < -0.4 is 4.74 Å². The number of ketones is 2. The Kier molecular flexibility index (Phi) is 17.6. The molecule has 7 aromatic rings. The average Bonchev–Trinajstić information content (AvgIpc) is 4.14.